The van der Waals surface area contributed by atoms with Gasteiger partial charge >= 0.3 is 0 Å². The second kappa shape index (κ2) is 15.8. The minimum Gasteiger partial charge on any atom is -0.493 e. The van der Waals surface area contributed by atoms with Gasteiger partial charge in [-0.2, -0.15) is 0 Å². The van der Waals surface area contributed by atoms with Crippen molar-refractivity contribution in [2.24, 2.45) is 0 Å². The smallest absolute Gasteiger partial charge is 0.198 e. The van der Waals surface area contributed by atoms with Crippen LogP contribution in [0.3, 0.4) is 0 Å². The zero-order valence-electron chi connectivity index (χ0n) is 21.8. The molecule has 0 fully saturated rings. The van der Waals surface area contributed by atoms with E-state index in [1.165, 1.54) is 44.9 Å². The van der Waals surface area contributed by atoms with Gasteiger partial charge < -0.3 is 9.47 Å². The van der Waals surface area contributed by atoms with Gasteiger partial charge in [0.1, 0.15) is 11.5 Å². The summed E-state index contributed by atoms with van der Waals surface area (Å²) in [7, 11) is 0. The normalized spacial score (nSPS) is 12.8. The maximum absolute atomic E-state index is 13.3. The number of ether oxygens (including phenoxy) is 2. The predicted octanol–water partition coefficient (Wildman–Crippen LogP) is 8.56. The number of hydrogen-bond donors (Lipinski definition) is 0. The average Bonchev–Trinajstić information content (AvgIpc) is 2.87. The van der Waals surface area contributed by atoms with E-state index in [-0.39, 0.29) is 11.6 Å². The fourth-order valence-corrected chi connectivity index (χ4v) is 4.65. The summed E-state index contributed by atoms with van der Waals surface area (Å²) >= 11 is 3.60. The van der Waals surface area contributed by atoms with Crippen LogP contribution < -0.4 is 9.47 Å². The minimum atomic E-state index is -0.181. The van der Waals surface area contributed by atoms with Crippen LogP contribution in [0.4, 0.5) is 0 Å². The molecule has 0 amide bonds. The van der Waals surface area contributed by atoms with Crippen molar-refractivity contribution in [1.82, 2.24) is 0 Å². The third kappa shape index (κ3) is 8.20. The van der Waals surface area contributed by atoms with Gasteiger partial charge in [-0.15, -0.1) is 0 Å². The Morgan fingerprint density at radius 1 is 0.714 bits per heavy atom. The summed E-state index contributed by atoms with van der Waals surface area (Å²) in [5.41, 5.74) is 1.52. The van der Waals surface area contributed by atoms with Crippen LogP contribution in [-0.4, -0.2) is 29.6 Å². The van der Waals surface area contributed by atoms with Crippen LogP contribution in [0.1, 0.15) is 117 Å². The van der Waals surface area contributed by atoms with E-state index in [0.717, 1.165) is 12.8 Å². The van der Waals surface area contributed by atoms with Gasteiger partial charge in [0.2, 0.25) is 0 Å². The van der Waals surface area contributed by atoms with Gasteiger partial charge in [-0.3, -0.25) is 9.59 Å². The topological polar surface area (TPSA) is 52.6 Å². The van der Waals surface area contributed by atoms with E-state index in [9.17, 15) is 9.59 Å². The summed E-state index contributed by atoms with van der Waals surface area (Å²) in [5, 5.41) is 0. The van der Waals surface area contributed by atoms with Crippen molar-refractivity contribution >= 4 is 27.5 Å². The first-order valence-corrected chi connectivity index (χ1v) is 14.2. The molecule has 0 heterocycles. The molecular formula is C30H41BrO4. The van der Waals surface area contributed by atoms with Crippen LogP contribution in [0.15, 0.2) is 36.4 Å². The lowest BCUT2D eigenvalue weighted by molar-refractivity contribution is 0.0972. The van der Waals surface area contributed by atoms with Gasteiger partial charge in [-0.05, 0) is 31.9 Å². The zero-order valence-corrected chi connectivity index (χ0v) is 23.4. The van der Waals surface area contributed by atoms with Gasteiger partial charge in [0, 0.05) is 16.0 Å². The number of ketones is 2. The molecule has 35 heavy (non-hydrogen) atoms. The Bertz CT molecular complexity index is 951. The molecule has 0 radical (unpaired) electrons. The molecular weight excluding hydrogens is 504 g/mol. The lowest BCUT2D eigenvalue weighted by Crippen LogP contribution is -2.23. The Kier molecular flexibility index (Phi) is 13.1. The van der Waals surface area contributed by atoms with Crippen LogP contribution in [0, 0.1) is 0 Å². The number of rotatable bonds is 14. The first kappa shape index (κ1) is 29.1. The Balaban J connectivity index is 0.00000210. The maximum atomic E-state index is 13.3. The summed E-state index contributed by atoms with van der Waals surface area (Å²) < 4.78 is 11.7. The summed E-state index contributed by atoms with van der Waals surface area (Å²) in [6.45, 7) is 9.03. The molecule has 1 aliphatic carbocycles. The van der Waals surface area contributed by atoms with Gasteiger partial charge in [0.05, 0.1) is 24.3 Å². The standard InChI is InChI=1S/C28H35BrO4.C2H6/c1-3-32-23-17-18-24(33-19-13-9-7-5-4-6-8-10-14-20(2)29)26-25(23)27(30)21-15-11-12-16-22(21)28(26)31;1-2/h11-12,15-18,20H,3-10,13-14,19H2,1-2H3;1-2H3. The van der Waals surface area contributed by atoms with Gasteiger partial charge in [-0.1, -0.05) is 106 Å². The third-order valence-electron chi connectivity index (χ3n) is 6.05. The molecule has 2 aromatic rings. The van der Waals surface area contributed by atoms with Gasteiger partial charge in [0.25, 0.3) is 0 Å². The van der Waals surface area contributed by atoms with Crippen LogP contribution in [0.5, 0.6) is 11.5 Å². The van der Waals surface area contributed by atoms with E-state index in [0.29, 0.717) is 51.8 Å². The highest BCUT2D eigenvalue weighted by atomic mass is 79.9. The van der Waals surface area contributed by atoms with E-state index in [1.54, 1.807) is 36.4 Å². The molecule has 0 aromatic heterocycles. The SMILES string of the molecule is CC.CCOc1ccc(OCCCCCCCCCCC(C)Br)c2c1C(=O)c1ccccc1C2=O. The highest BCUT2D eigenvalue weighted by Gasteiger charge is 2.35. The summed E-state index contributed by atoms with van der Waals surface area (Å²) in [6, 6.07) is 10.5. The van der Waals surface area contributed by atoms with E-state index in [4.69, 9.17) is 9.47 Å². The number of benzene rings is 2. The molecule has 1 unspecified atom stereocenters. The molecule has 192 valence electrons. The van der Waals surface area contributed by atoms with E-state index in [2.05, 4.69) is 22.9 Å². The van der Waals surface area contributed by atoms with E-state index < -0.39 is 0 Å². The summed E-state index contributed by atoms with van der Waals surface area (Å²) in [5.74, 6) is 0.561. The Morgan fingerprint density at radius 2 is 1.17 bits per heavy atom. The first-order valence-electron chi connectivity index (χ1n) is 13.3. The molecule has 0 N–H and O–H groups in total. The maximum Gasteiger partial charge on any atom is 0.198 e. The predicted molar refractivity (Wildman–Crippen MR) is 148 cm³/mol. The number of unbranched alkanes of at least 4 members (excludes halogenated alkanes) is 7. The van der Waals surface area contributed by atoms with Crippen molar-refractivity contribution in [2.45, 2.75) is 90.3 Å². The highest BCUT2D eigenvalue weighted by molar-refractivity contribution is 9.09. The van der Waals surface area contributed by atoms with Crippen LogP contribution >= 0.6 is 15.9 Å². The quantitative estimate of drug-likeness (QED) is 0.150. The Labute approximate surface area is 219 Å². The highest BCUT2D eigenvalue weighted by Crippen LogP contribution is 2.38. The second-order valence-corrected chi connectivity index (χ2v) is 10.3. The van der Waals surface area contributed by atoms with Gasteiger partial charge in [-0.25, -0.2) is 0 Å². The second-order valence-electron chi connectivity index (χ2n) is 8.70. The number of fused-ring (bicyclic) bond motifs is 2. The van der Waals surface area contributed by atoms with Crippen molar-refractivity contribution in [3.05, 3.63) is 58.7 Å². The molecule has 0 bridgehead atoms. The summed E-state index contributed by atoms with van der Waals surface area (Å²) in [4.78, 5) is 27.1. The van der Waals surface area contributed by atoms with E-state index in [1.807, 2.05) is 20.8 Å². The largest absolute Gasteiger partial charge is 0.493 e. The van der Waals surface area contributed by atoms with E-state index >= 15 is 0 Å². The van der Waals surface area contributed by atoms with Crippen molar-refractivity contribution in [3.63, 3.8) is 0 Å². The Hall–Kier alpha value is -2.14. The number of alkyl halides is 1. The molecule has 0 saturated carbocycles. The number of halogens is 1. The molecule has 1 atom stereocenters. The van der Waals surface area contributed by atoms with Crippen LogP contribution in [0.2, 0.25) is 0 Å². The lowest BCUT2D eigenvalue weighted by Gasteiger charge is -2.22. The molecule has 1 aliphatic rings. The Morgan fingerprint density at radius 3 is 1.66 bits per heavy atom. The van der Waals surface area contributed by atoms with Crippen molar-refractivity contribution in [3.8, 4) is 11.5 Å². The molecule has 0 spiro atoms. The van der Waals surface area contributed by atoms with Crippen LogP contribution in [-0.2, 0) is 0 Å². The fourth-order valence-electron chi connectivity index (χ4n) is 4.33. The number of carbonyl (C=O) groups is 2. The number of carbonyl (C=O) groups excluding carboxylic acids is 2. The van der Waals surface area contributed by atoms with Crippen molar-refractivity contribution in [1.29, 1.82) is 0 Å². The molecule has 0 aliphatic heterocycles. The lowest BCUT2D eigenvalue weighted by atomic mass is 9.83. The third-order valence-corrected chi connectivity index (χ3v) is 6.51. The fraction of sp³-hybridized carbons (Fsp3) is 0.533. The zero-order chi connectivity index (χ0) is 25.6. The average molecular weight is 546 g/mol. The van der Waals surface area contributed by atoms with Gasteiger partial charge in [0.15, 0.2) is 11.6 Å². The number of hydrogen-bond acceptors (Lipinski definition) is 4. The minimum absolute atomic E-state index is 0.175. The van der Waals surface area contributed by atoms with Crippen molar-refractivity contribution in [2.75, 3.05) is 13.2 Å². The van der Waals surface area contributed by atoms with Crippen LogP contribution in [0.25, 0.3) is 0 Å². The molecule has 4 nitrogen and oxygen atoms in total. The molecule has 0 saturated heterocycles. The first-order chi connectivity index (χ1) is 17.0. The monoisotopic (exact) mass is 544 g/mol. The summed E-state index contributed by atoms with van der Waals surface area (Å²) in [6.07, 6.45) is 11.0. The molecule has 2 aromatic carbocycles. The molecule has 3 rings (SSSR count). The molecule has 5 heteroatoms. The van der Waals surface area contributed by atoms with Crippen molar-refractivity contribution < 1.29 is 19.1 Å².